The third-order valence-electron chi connectivity index (χ3n) is 2.45. The molecule has 0 saturated heterocycles. The monoisotopic (exact) mass is 360 g/mol. The summed E-state index contributed by atoms with van der Waals surface area (Å²) in [4.78, 5) is 11.9. The molecule has 1 aromatic carbocycles. The average Bonchev–Trinajstić information content (AvgIpc) is 2.44. The molecule has 0 radical (unpaired) electrons. The second kappa shape index (κ2) is 7.59. The number of esters is 1. The smallest absolute Gasteiger partial charge is 0.335 e. The van der Waals surface area contributed by atoms with Gasteiger partial charge in [0.25, 0.3) is 0 Å². The van der Waals surface area contributed by atoms with Crippen LogP contribution in [-0.2, 0) is 4.79 Å². The minimum absolute atomic E-state index is 0.240. The lowest BCUT2D eigenvalue weighted by Crippen LogP contribution is -2.09. The first-order chi connectivity index (χ1) is 9.47. The van der Waals surface area contributed by atoms with Crippen LogP contribution in [-0.4, -0.2) is 19.2 Å². The maximum Gasteiger partial charge on any atom is 0.335 e. The van der Waals surface area contributed by atoms with Gasteiger partial charge in [0.05, 0.1) is 22.6 Å². The fraction of sp³-hybridized carbons (Fsp3) is 0.357. The Hall–Kier alpha value is -1.14. The number of hydrogen-bond donors (Lipinski definition) is 1. The lowest BCUT2D eigenvalue weighted by molar-refractivity contribution is -0.129. The van der Waals surface area contributed by atoms with Crippen molar-refractivity contribution < 1.29 is 19.0 Å². The second-order valence-electron chi connectivity index (χ2n) is 3.77. The van der Waals surface area contributed by atoms with Crippen LogP contribution in [0.2, 0.25) is 0 Å². The van der Waals surface area contributed by atoms with Crippen LogP contribution in [0.1, 0.15) is 19.4 Å². The molecule has 0 N–H and O–H groups in total. The van der Waals surface area contributed by atoms with Crippen LogP contribution in [0, 0.1) is 6.92 Å². The summed E-state index contributed by atoms with van der Waals surface area (Å²) >= 11 is 7.85. The van der Waals surface area contributed by atoms with Crippen LogP contribution >= 0.6 is 28.6 Å². The van der Waals surface area contributed by atoms with Crippen molar-refractivity contribution in [2.45, 2.75) is 25.7 Å². The molecule has 0 aromatic heterocycles. The van der Waals surface area contributed by atoms with E-state index in [9.17, 15) is 4.79 Å². The first-order valence-corrected chi connectivity index (χ1v) is 7.36. The van der Waals surface area contributed by atoms with Gasteiger partial charge in [-0.15, -0.1) is 12.6 Å². The van der Waals surface area contributed by atoms with E-state index in [0.717, 1.165) is 16.1 Å². The summed E-state index contributed by atoms with van der Waals surface area (Å²) < 4.78 is 17.1. The molecule has 1 aromatic rings. The Kier molecular flexibility index (Phi) is 6.42. The molecule has 0 aliphatic heterocycles. The van der Waals surface area contributed by atoms with Gasteiger partial charge in [-0.05, 0) is 36.7 Å². The average molecular weight is 361 g/mol. The Morgan fingerprint density at radius 1 is 1.25 bits per heavy atom. The van der Waals surface area contributed by atoms with Crippen molar-refractivity contribution in [1.82, 2.24) is 0 Å². The van der Waals surface area contributed by atoms with E-state index < -0.39 is 5.97 Å². The topological polar surface area (TPSA) is 44.8 Å². The molecule has 20 heavy (non-hydrogen) atoms. The molecule has 0 aliphatic rings. The number of benzene rings is 1. The van der Waals surface area contributed by atoms with Crippen molar-refractivity contribution in [2.24, 2.45) is 0 Å². The Bertz CT molecular complexity index is 529. The molecule has 1 rings (SSSR count). The summed E-state index contributed by atoms with van der Waals surface area (Å²) in [5.41, 5.74) is 0.778. The molecule has 0 atom stereocenters. The van der Waals surface area contributed by atoms with Gasteiger partial charge >= 0.3 is 5.97 Å². The molecular formula is C14H17BrO4S. The quantitative estimate of drug-likeness (QED) is 0.361. The minimum atomic E-state index is -0.578. The Balaban J connectivity index is 3.49. The van der Waals surface area contributed by atoms with Crippen LogP contribution in [0.15, 0.2) is 22.0 Å². The van der Waals surface area contributed by atoms with Gasteiger partial charge < -0.3 is 14.2 Å². The van der Waals surface area contributed by atoms with E-state index in [-0.39, 0.29) is 5.75 Å². The van der Waals surface area contributed by atoms with E-state index in [0.29, 0.717) is 29.6 Å². The molecule has 0 heterocycles. The van der Waals surface area contributed by atoms with E-state index in [4.69, 9.17) is 14.2 Å². The summed E-state index contributed by atoms with van der Waals surface area (Å²) in [6, 6.07) is 0. The van der Waals surface area contributed by atoms with Crippen molar-refractivity contribution in [3.63, 3.8) is 0 Å². The van der Waals surface area contributed by atoms with Gasteiger partial charge in [0, 0.05) is 11.6 Å². The maximum absolute atomic E-state index is 11.5. The summed E-state index contributed by atoms with van der Waals surface area (Å²) in [5.74, 6) is 0.640. The summed E-state index contributed by atoms with van der Waals surface area (Å²) in [6.07, 6.45) is 1.08. The first kappa shape index (κ1) is 16.9. The summed E-state index contributed by atoms with van der Waals surface area (Å²) in [6.45, 7) is 9.84. The largest absolute Gasteiger partial charge is 0.491 e. The highest BCUT2D eigenvalue weighted by molar-refractivity contribution is 9.10. The molecular weight excluding hydrogens is 344 g/mol. The zero-order chi connectivity index (χ0) is 15.3. The highest BCUT2D eigenvalue weighted by Gasteiger charge is 2.23. The van der Waals surface area contributed by atoms with Crippen molar-refractivity contribution in [3.8, 4) is 17.2 Å². The van der Waals surface area contributed by atoms with Gasteiger partial charge in [-0.25, -0.2) is 4.79 Å². The maximum atomic E-state index is 11.5. The number of ether oxygens (including phenoxy) is 3. The number of rotatable bonds is 6. The highest BCUT2D eigenvalue weighted by Crippen LogP contribution is 2.48. The number of hydrogen-bond acceptors (Lipinski definition) is 5. The Morgan fingerprint density at radius 2 is 1.80 bits per heavy atom. The van der Waals surface area contributed by atoms with Crippen molar-refractivity contribution in [3.05, 3.63) is 22.7 Å². The minimum Gasteiger partial charge on any atom is -0.491 e. The third-order valence-corrected chi connectivity index (χ3v) is 3.81. The predicted octanol–water partition coefficient (Wildman–Crippen LogP) is 3.94. The fourth-order valence-electron chi connectivity index (χ4n) is 1.59. The van der Waals surface area contributed by atoms with Gasteiger partial charge in [0.2, 0.25) is 0 Å². The standard InChI is InChI=1S/C14H17BrO4S/c1-5-9(16)19-13-11(17-6-2)8(4)10(15)12(14(13)20)18-7-3/h5,20H,1,6-7H2,2-4H3. The molecule has 0 unspecified atom stereocenters. The highest BCUT2D eigenvalue weighted by atomic mass is 79.9. The van der Waals surface area contributed by atoms with Crippen LogP contribution in [0.4, 0.5) is 0 Å². The fourth-order valence-corrected chi connectivity index (χ4v) is 2.56. The molecule has 110 valence electrons. The lowest BCUT2D eigenvalue weighted by Gasteiger charge is -2.19. The van der Waals surface area contributed by atoms with Crippen LogP contribution < -0.4 is 14.2 Å². The van der Waals surface area contributed by atoms with E-state index >= 15 is 0 Å². The van der Waals surface area contributed by atoms with Crippen LogP contribution in [0.3, 0.4) is 0 Å². The van der Waals surface area contributed by atoms with Crippen LogP contribution in [0.5, 0.6) is 17.2 Å². The van der Waals surface area contributed by atoms with Gasteiger partial charge in [-0.1, -0.05) is 6.58 Å². The van der Waals surface area contributed by atoms with Gasteiger partial charge in [-0.2, -0.15) is 0 Å². The van der Waals surface area contributed by atoms with E-state index in [1.165, 1.54) is 0 Å². The third kappa shape index (κ3) is 3.49. The number of carbonyl (C=O) groups excluding carboxylic acids is 1. The molecule has 0 saturated carbocycles. The van der Waals surface area contributed by atoms with Crippen molar-refractivity contribution >= 4 is 34.5 Å². The molecule has 0 bridgehead atoms. The Morgan fingerprint density at radius 3 is 2.30 bits per heavy atom. The predicted molar refractivity (Wildman–Crippen MR) is 84.3 cm³/mol. The SMILES string of the molecule is C=CC(=O)Oc1c(S)c(OCC)c(Br)c(C)c1OCC. The number of carbonyl (C=O) groups is 1. The van der Waals surface area contributed by atoms with Crippen LogP contribution in [0.25, 0.3) is 0 Å². The molecule has 0 aliphatic carbocycles. The molecule has 6 heteroatoms. The van der Waals surface area contributed by atoms with Crippen molar-refractivity contribution in [2.75, 3.05) is 13.2 Å². The zero-order valence-corrected chi connectivity index (χ0v) is 14.1. The number of thiol groups is 1. The lowest BCUT2D eigenvalue weighted by atomic mass is 10.2. The van der Waals surface area contributed by atoms with Gasteiger partial charge in [0.1, 0.15) is 0 Å². The number of halogens is 1. The second-order valence-corrected chi connectivity index (χ2v) is 5.01. The zero-order valence-electron chi connectivity index (χ0n) is 11.7. The van der Waals surface area contributed by atoms with E-state index in [2.05, 4.69) is 35.1 Å². The van der Waals surface area contributed by atoms with E-state index in [1.54, 1.807) is 0 Å². The first-order valence-electron chi connectivity index (χ1n) is 6.12. The summed E-state index contributed by atoms with van der Waals surface area (Å²) in [5, 5.41) is 0. The molecule has 0 fully saturated rings. The van der Waals surface area contributed by atoms with Crippen molar-refractivity contribution in [1.29, 1.82) is 0 Å². The van der Waals surface area contributed by atoms with Gasteiger partial charge in [0.15, 0.2) is 17.2 Å². The molecule has 0 spiro atoms. The van der Waals surface area contributed by atoms with Gasteiger partial charge in [-0.3, -0.25) is 0 Å². The van der Waals surface area contributed by atoms with E-state index in [1.807, 2.05) is 20.8 Å². The Labute approximate surface area is 132 Å². The molecule has 0 amide bonds. The summed E-state index contributed by atoms with van der Waals surface area (Å²) in [7, 11) is 0. The normalized spacial score (nSPS) is 10.1. The molecule has 4 nitrogen and oxygen atoms in total.